The molecule has 6 fully saturated rings. The molecule has 26 heavy (non-hydrogen) atoms. The van der Waals surface area contributed by atoms with Crippen molar-refractivity contribution in [2.24, 2.45) is 23.7 Å². The van der Waals surface area contributed by atoms with Gasteiger partial charge in [0.25, 0.3) is 0 Å². The van der Waals surface area contributed by atoms with Crippen LogP contribution >= 0.6 is 0 Å². The standard InChI is InChI=1S/C21H34O5/c1-13-9-10-17-14(2)18(22-15-7-5-4-6-8-15)23-19-21(17)16(13)11-12-20(3,24-19)25-26-21/h13-19H,4-12H2,1-3H3/t13-,14-,16+,17+,18+,19-,20-,21-/m1/s1. The van der Waals surface area contributed by atoms with Crippen LogP contribution in [-0.4, -0.2) is 30.1 Å². The minimum atomic E-state index is -0.701. The minimum Gasteiger partial charge on any atom is -0.349 e. The van der Waals surface area contributed by atoms with Crippen LogP contribution in [0.4, 0.5) is 0 Å². The molecule has 0 aromatic heterocycles. The van der Waals surface area contributed by atoms with Gasteiger partial charge in [-0.3, -0.25) is 0 Å². The molecule has 0 amide bonds. The maximum atomic E-state index is 6.51. The second-order valence-corrected chi connectivity index (χ2v) is 9.67. The van der Waals surface area contributed by atoms with Crippen molar-refractivity contribution < 1.29 is 24.0 Å². The van der Waals surface area contributed by atoms with Gasteiger partial charge in [-0.2, -0.15) is 0 Å². The van der Waals surface area contributed by atoms with E-state index in [1.807, 2.05) is 6.92 Å². The second-order valence-electron chi connectivity index (χ2n) is 9.67. The fourth-order valence-corrected chi connectivity index (χ4v) is 6.42. The Balaban J connectivity index is 1.44. The first-order valence-corrected chi connectivity index (χ1v) is 10.9. The molecule has 6 aliphatic rings. The van der Waals surface area contributed by atoms with Crippen molar-refractivity contribution in [3.8, 4) is 0 Å². The predicted molar refractivity (Wildman–Crippen MR) is 94.8 cm³/mol. The molecule has 0 unspecified atom stereocenters. The van der Waals surface area contributed by atoms with E-state index in [1.54, 1.807) is 0 Å². The minimum absolute atomic E-state index is 0.195. The van der Waals surface area contributed by atoms with Crippen LogP contribution in [0.5, 0.6) is 0 Å². The average molecular weight is 366 g/mol. The van der Waals surface area contributed by atoms with Gasteiger partial charge < -0.3 is 14.2 Å². The highest BCUT2D eigenvalue weighted by molar-refractivity contribution is 5.09. The van der Waals surface area contributed by atoms with Crippen molar-refractivity contribution in [2.45, 2.75) is 109 Å². The van der Waals surface area contributed by atoms with E-state index in [-0.39, 0.29) is 18.5 Å². The lowest BCUT2D eigenvalue weighted by Gasteiger charge is -2.60. The highest BCUT2D eigenvalue weighted by atomic mass is 17.3. The molecule has 4 aliphatic heterocycles. The topological polar surface area (TPSA) is 46.2 Å². The molecule has 2 saturated carbocycles. The van der Waals surface area contributed by atoms with Gasteiger partial charge in [0.2, 0.25) is 5.79 Å². The molecule has 1 spiro atoms. The Labute approximate surface area is 157 Å². The van der Waals surface area contributed by atoms with Crippen LogP contribution in [-0.2, 0) is 24.0 Å². The third-order valence-electron chi connectivity index (χ3n) is 7.98. The summed E-state index contributed by atoms with van der Waals surface area (Å²) in [6, 6.07) is 0. The van der Waals surface area contributed by atoms with Gasteiger partial charge in [0.1, 0.15) is 0 Å². The van der Waals surface area contributed by atoms with Crippen molar-refractivity contribution in [3.05, 3.63) is 0 Å². The number of hydrogen-bond acceptors (Lipinski definition) is 5. The first-order chi connectivity index (χ1) is 12.5. The summed E-state index contributed by atoms with van der Waals surface area (Å²) in [6.45, 7) is 6.61. The van der Waals surface area contributed by atoms with E-state index in [4.69, 9.17) is 24.0 Å². The highest BCUT2D eigenvalue weighted by Crippen LogP contribution is 2.60. The van der Waals surface area contributed by atoms with Crippen molar-refractivity contribution in [1.29, 1.82) is 0 Å². The van der Waals surface area contributed by atoms with Crippen molar-refractivity contribution in [1.82, 2.24) is 0 Å². The van der Waals surface area contributed by atoms with Crippen LogP contribution in [0.15, 0.2) is 0 Å². The van der Waals surface area contributed by atoms with Crippen LogP contribution in [0.25, 0.3) is 0 Å². The molecule has 2 bridgehead atoms. The first-order valence-electron chi connectivity index (χ1n) is 10.9. The molecular formula is C21H34O5. The molecule has 2 aliphatic carbocycles. The summed E-state index contributed by atoms with van der Waals surface area (Å²) >= 11 is 0. The lowest BCUT2D eigenvalue weighted by atomic mass is 9.58. The molecule has 148 valence electrons. The van der Waals surface area contributed by atoms with E-state index in [0.717, 1.165) is 32.1 Å². The Morgan fingerprint density at radius 2 is 1.69 bits per heavy atom. The van der Waals surface area contributed by atoms with Crippen LogP contribution in [0, 0.1) is 23.7 Å². The Morgan fingerprint density at radius 1 is 0.885 bits per heavy atom. The van der Waals surface area contributed by atoms with Gasteiger partial charge >= 0.3 is 0 Å². The summed E-state index contributed by atoms with van der Waals surface area (Å²) < 4.78 is 19.4. The largest absolute Gasteiger partial charge is 0.349 e. The lowest BCUT2D eigenvalue weighted by Crippen LogP contribution is -2.70. The molecule has 5 nitrogen and oxygen atoms in total. The Hall–Kier alpha value is -0.200. The molecule has 8 atom stereocenters. The van der Waals surface area contributed by atoms with Crippen molar-refractivity contribution in [2.75, 3.05) is 0 Å². The zero-order valence-electron chi connectivity index (χ0n) is 16.4. The van der Waals surface area contributed by atoms with Crippen LogP contribution in [0.2, 0.25) is 0 Å². The number of fused-ring (bicyclic) bond motifs is 2. The zero-order chi connectivity index (χ0) is 17.9. The van der Waals surface area contributed by atoms with Gasteiger partial charge in [-0.05, 0) is 50.9 Å². The quantitative estimate of drug-likeness (QED) is 0.671. The van der Waals surface area contributed by atoms with Crippen LogP contribution in [0.3, 0.4) is 0 Å². The maximum Gasteiger partial charge on any atom is 0.201 e. The van der Waals surface area contributed by atoms with E-state index >= 15 is 0 Å². The lowest BCUT2D eigenvalue weighted by molar-refractivity contribution is -0.578. The van der Waals surface area contributed by atoms with Crippen LogP contribution in [0.1, 0.15) is 78.6 Å². The molecule has 4 saturated heterocycles. The average Bonchev–Trinajstić information content (AvgIpc) is 2.86. The predicted octanol–water partition coefficient (Wildman–Crippen LogP) is 4.54. The van der Waals surface area contributed by atoms with Crippen molar-refractivity contribution in [3.63, 3.8) is 0 Å². The Morgan fingerprint density at radius 3 is 2.50 bits per heavy atom. The smallest absolute Gasteiger partial charge is 0.201 e. The summed E-state index contributed by atoms with van der Waals surface area (Å²) in [4.78, 5) is 12.1. The second kappa shape index (κ2) is 6.41. The Bertz CT molecular complexity index is 534. The van der Waals surface area contributed by atoms with Gasteiger partial charge in [0, 0.05) is 18.3 Å². The number of rotatable bonds is 2. The normalized spacial score (nSPS) is 54.6. The van der Waals surface area contributed by atoms with Crippen molar-refractivity contribution >= 4 is 0 Å². The van der Waals surface area contributed by atoms with Crippen LogP contribution < -0.4 is 0 Å². The van der Waals surface area contributed by atoms with Gasteiger partial charge in [0.05, 0.1) is 6.10 Å². The SMILES string of the molecule is C[C@H]1[C@@H](OC2CCCCC2)O[C@@H]2O[C@@]3(C)CC[C@H]4[C@H](C)CC[C@@H]1[C@@]24OO3. The molecule has 4 heterocycles. The third kappa shape index (κ3) is 2.61. The fraction of sp³-hybridized carbons (Fsp3) is 1.00. The summed E-state index contributed by atoms with van der Waals surface area (Å²) in [5.41, 5.74) is -0.473. The molecule has 0 aromatic carbocycles. The summed E-state index contributed by atoms with van der Waals surface area (Å²) in [5.74, 6) is 0.978. The Kier molecular flexibility index (Phi) is 4.41. The monoisotopic (exact) mass is 366 g/mol. The van der Waals surface area contributed by atoms with E-state index in [1.165, 1.54) is 25.7 Å². The molecule has 5 heteroatoms. The molecular weight excluding hydrogens is 332 g/mol. The molecule has 0 N–H and O–H groups in total. The van der Waals surface area contributed by atoms with Gasteiger partial charge in [-0.15, -0.1) is 0 Å². The number of ether oxygens (including phenoxy) is 3. The molecule has 0 radical (unpaired) electrons. The molecule has 0 aromatic rings. The van der Waals surface area contributed by atoms with E-state index in [0.29, 0.717) is 23.9 Å². The van der Waals surface area contributed by atoms with E-state index in [9.17, 15) is 0 Å². The van der Waals surface area contributed by atoms with Gasteiger partial charge in [-0.1, -0.05) is 33.1 Å². The zero-order valence-corrected chi connectivity index (χ0v) is 16.4. The molecule has 6 rings (SSSR count). The summed E-state index contributed by atoms with van der Waals surface area (Å²) in [5, 5.41) is 0. The third-order valence-corrected chi connectivity index (χ3v) is 7.98. The van der Waals surface area contributed by atoms with E-state index in [2.05, 4.69) is 13.8 Å². The number of hydrogen-bond donors (Lipinski definition) is 0. The first kappa shape index (κ1) is 17.9. The fourth-order valence-electron chi connectivity index (χ4n) is 6.42. The van der Waals surface area contributed by atoms with E-state index < -0.39 is 11.4 Å². The summed E-state index contributed by atoms with van der Waals surface area (Å²) in [6.07, 6.45) is 10.3. The van der Waals surface area contributed by atoms with Gasteiger partial charge in [0.15, 0.2) is 18.2 Å². The van der Waals surface area contributed by atoms with Gasteiger partial charge in [-0.25, -0.2) is 9.78 Å². The maximum absolute atomic E-state index is 6.51. The summed E-state index contributed by atoms with van der Waals surface area (Å²) in [7, 11) is 0. The highest BCUT2D eigenvalue weighted by Gasteiger charge is 2.69.